The summed E-state index contributed by atoms with van der Waals surface area (Å²) in [5.74, 6) is 1.18. The average molecular weight is 219 g/mol. The first-order valence-corrected chi connectivity index (χ1v) is 6.71. The van der Waals surface area contributed by atoms with Crippen LogP contribution in [0.15, 0.2) is 0 Å². The van der Waals surface area contributed by atoms with Gasteiger partial charge in [0.25, 0.3) is 0 Å². The number of aliphatic hydroxyl groups excluding tert-OH is 1. The summed E-state index contributed by atoms with van der Waals surface area (Å²) in [6, 6.07) is 0.653. The van der Waals surface area contributed by atoms with E-state index in [-0.39, 0.29) is 0 Å². The lowest BCUT2D eigenvalue weighted by Gasteiger charge is -2.12. The molecule has 0 aromatic rings. The number of aliphatic hydroxyl groups is 1. The smallest absolute Gasteiger partial charge is 0.0547 e. The topological polar surface area (TPSA) is 32.3 Å². The van der Waals surface area contributed by atoms with Crippen molar-refractivity contribution >= 4 is 11.8 Å². The molecule has 14 heavy (non-hydrogen) atoms. The fourth-order valence-corrected chi connectivity index (χ4v) is 2.22. The Morgan fingerprint density at radius 3 is 2.57 bits per heavy atom. The first-order valence-electron chi connectivity index (χ1n) is 5.66. The van der Waals surface area contributed by atoms with Crippen molar-refractivity contribution in [2.24, 2.45) is 0 Å². The molecule has 2 unspecified atom stereocenters. The summed E-state index contributed by atoms with van der Waals surface area (Å²) >= 11 is 1.87. The van der Waals surface area contributed by atoms with Crippen molar-refractivity contribution in [2.45, 2.75) is 51.3 Å². The number of hydrogen-bond donors (Lipinski definition) is 2. The van der Waals surface area contributed by atoms with Crippen LogP contribution in [0.3, 0.4) is 0 Å². The number of nitrogens with one attached hydrogen (secondary N) is 1. The van der Waals surface area contributed by atoms with Crippen LogP contribution in [-0.2, 0) is 0 Å². The SMILES string of the molecule is CCNC(C)CCCCSC(C)CO. The highest BCUT2D eigenvalue weighted by Gasteiger charge is 2.01. The summed E-state index contributed by atoms with van der Waals surface area (Å²) in [7, 11) is 0. The number of unbranched alkanes of at least 4 members (excludes halogenated alkanes) is 1. The van der Waals surface area contributed by atoms with E-state index in [1.807, 2.05) is 11.8 Å². The molecule has 0 saturated carbocycles. The van der Waals surface area contributed by atoms with Crippen molar-refractivity contribution in [3.05, 3.63) is 0 Å². The van der Waals surface area contributed by atoms with E-state index in [2.05, 4.69) is 26.1 Å². The molecule has 0 aliphatic rings. The molecule has 0 aromatic heterocycles. The summed E-state index contributed by atoms with van der Waals surface area (Å²) in [5.41, 5.74) is 0. The van der Waals surface area contributed by atoms with Crippen LogP contribution in [0.25, 0.3) is 0 Å². The monoisotopic (exact) mass is 219 g/mol. The molecule has 3 heteroatoms. The van der Waals surface area contributed by atoms with Gasteiger partial charge in [-0.1, -0.05) is 20.3 Å². The van der Waals surface area contributed by atoms with Gasteiger partial charge in [0.2, 0.25) is 0 Å². The van der Waals surface area contributed by atoms with E-state index in [0.717, 1.165) is 6.54 Å². The van der Waals surface area contributed by atoms with Crippen molar-refractivity contribution in [2.75, 3.05) is 18.9 Å². The fraction of sp³-hybridized carbons (Fsp3) is 1.00. The van der Waals surface area contributed by atoms with Gasteiger partial charge in [-0.15, -0.1) is 0 Å². The molecule has 0 bridgehead atoms. The molecule has 0 radical (unpaired) electrons. The Bertz CT molecular complexity index is 122. The van der Waals surface area contributed by atoms with E-state index in [1.54, 1.807) is 0 Å². The van der Waals surface area contributed by atoms with Gasteiger partial charge in [-0.25, -0.2) is 0 Å². The van der Waals surface area contributed by atoms with Crippen molar-refractivity contribution in [1.29, 1.82) is 0 Å². The normalized spacial score (nSPS) is 15.4. The minimum Gasteiger partial charge on any atom is -0.395 e. The summed E-state index contributed by atoms with van der Waals surface area (Å²) in [5, 5.41) is 12.6. The van der Waals surface area contributed by atoms with E-state index in [9.17, 15) is 0 Å². The highest BCUT2D eigenvalue weighted by molar-refractivity contribution is 7.99. The molecule has 0 saturated heterocycles. The second-order valence-corrected chi connectivity index (χ2v) is 5.36. The fourth-order valence-electron chi connectivity index (χ4n) is 1.34. The zero-order chi connectivity index (χ0) is 10.8. The van der Waals surface area contributed by atoms with E-state index < -0.39 is 0 Å². The minimum atomic E-state index is 0.304. The highest BCUT2D eigenvalue weighted by atomic mass is 32.2. The third-order valence-corrected chi connectivity index (χ3v) is 3.49. The lowest BCUT2D eigenvalue weighted by molar-refractivity contribution is 0.300. The molecular formula is C11H25NOS. The Hall–Kier alpha value is 0.270. The van der Waals surface area contributed by atoms with E-state index in [0.29, 0.717) is 17.9 Å². The maximum Gasteiger partial charge on any atom is 0.0547 e. The van der Waals surface area contributed by atoms with Crippen molar-refractivity contribution in [1.82, 2.24) is 5.32 Å². The summed E-state index contributed by atoms with van der Waals surface area (Å²) in [6.07, 6.45) is 3.83. The number of hydrogen-bond acceptors (Lipinski definition) is 3. The molecule has 0 aliphatic carbocycles. The van der Waals surface area contributed by atoms with Gasteiger partial charge in [-0.05, 0) is 32.1 Å². The predicted octanol–water partition coefficient (Wildman–Crippen LogP) is 2.27. The summed E-state index contributed by atoms with van der Waals surface area (Å²) < 4.78 is 0. The molecule has 86 valence electrons. The van der Waals surface area contributed by atoms with Crippen LogP contribution in [-0.4, -0.2) is 35.3 Å². The number of rotatable bonds is 9. The molecule has 0 heterocycles. The quantitative estimate of drug-likeness (QED) is 0.584. The molecule has 0 aliphatic heterocycles. The first-order chi connectivity index (χ1) is 6.70. The van der Waals surface area contributed by atoms with Crippen LogP contribution < -0.4 is 5.32 Å². The number of thioether (sulfide) groups is 1. The Labute approximate surface area is 92.9 Å². The van der Waals surface area contributed by atoms with Crippen molar-refractivity contribution in [3.8, 4) is 0 Å². The molecule has 2 N–H and O–H groups in total. The molecule has 0 aromatic carbocycles. The molecule has 0 rings (SSSR count). The zero-order valence-electron chi connectivity index (χ0n) is 9.75. The molecule has 0 fully saturated rings. The van der Waals surface area contributed by atoms with E-state index in [1.165, 1.54) is 25.0 Å². The van der Waals surface area contributed by atoms with Gasteiger partial charge in [0.1, 0.15) is 0 Å². The van der Waals surface area contributed by atoms with Crippen LogP contribution in [0.4, 0.5) is 0 Å². The second kappa shape index (κ2) is 9.81. The summed E-state index contributed by atoms with van der Waals surface area (Å²) in [6.45, 7) is 7.84. The van der Waals surface area contributed by atoms with Crippen LogP contribution in [0.5, 0.6) is 0 Å². The Kier molecular flexibility index (Phi) is 10.0. The van der Waals surface area contributed by atoms with Crippen molar-refractivity contribution in [3.63, 3.8) is 0 Å². The average Bonchev–Trinajstić information content (AvgIpc) is 2.17. The van der Waals surface area contributed by atoms with Crippen molar-refractivity contribution < 1.29 is 5.11 Å². The summed E-state index contributed by atoms with van der Waals surface area (Å²) in [4.78, 5) is 0. The zero-order valence-corrected chi connectivity index (χ0v) is 10.6. The molecule has 0 spiro atoms. The first kappa shape index (κ1) is 14.3. The van der Waals surface area contributed by atoms with Gasteiger partial charge in [0, 0.05) is 11.3 Å². The minimum absolute atomic E-state index is 0.304. The van der Waals surface area contributed by atoms with Gasteiger partial charge in [-0.3, -0.25) is 0 Å². The molecule has 2 atom stereocenters. The Morgan fingerprint density at radius 2 is 2.00 bits per heavy atom. The maximum atomic E-state index is 8.82. The Morgan fingerprint density at radius 1 is 1.29 bits per heavy atom. The van der Waals surface area contributed by atoms with Gasteiger partial charge in [0.05, 0.1) is 6.61 Å². The second-order valence-electron chi connectivity index (χ2n) is 3.82. The van der Waals surface area contributed by atoms with Gasteiger partial charge < -0.3 is 10.4 Å². The molecular weight excluding hydrogens is 194 g/mol. The standard InChI is InChI=1S/C11H25NOS/c1-4-12-10(2)7-5-6-8-14-11(3)9-13/h10-13H,4-9H2,1-3H3. The third-order valence-electron chi connectivity index (χ3n) is 2.24. The van der Waals surface area contributed by atoms with Crippen LogP contribution in [0, 0.1) is 0 Å². The van der Waals surface area contributed by atoms with E-state index in [4.69, 9.17) is 5.11 Å². The Balaban J connectivity index is 3.13. The van der Waals surface area contributed by atoms with Gasteiger partial charge in [-0.2, -0.15) is 11.8 Å². The third kappa shape index (κ3) is 8.85. The van der Waals surface area contributed by atoms with Crippen LogP contribution >= 0.6 is 11.8 Å². The lowest BCUT2D eigenvalue weighted by atomic mass is 10.1. The molecule has 2 nitrogen and oxygen atoms in total. The van der Waals surface area contributed by atoms with Crippen LogP contribution in [0.2, 0.25) is 0 Å². The largest absolute Gasteiger partial charge is 0.395 e. The highest BCUT2D eigenvalue weighted by Crippen LogP contribution is 2.13. The lowest BCUT2D eigenvalue weighted by Crippen LogP contribution is -2.25. The molecule has 0 amide bonds. The van der Waals surface area contributed by atoms with Gasteiger partial charge >= 0.3 is 0 Å². The predicted molar refractivity (Wildman–Crippen MR) is 66.0 cm³/mol. The van der Waals surface area contributed by atoms with E-state index >= 15 is 0 Å². The van der Waals surface area contributed by atoms with Crippen LogP contribution in [0.1, 0.15) is 40.0 Å². The maximum absolute atomic E-state index is 8.82. The van der Waals surface area contributed by atoms with Gasteiger partial charge in [0.15, 0.2) is 0 Å².